The maximum atomic E-state index is 11.5. The van der Waals surface area contributed by atoms with Gasteiger partial charge in [0.2, 0.25) is 0 Å². The van der Waals surface area contributed by atoms with Crippen molar-refractivity contribution in [3.63, 3.8) is 0 Å². The van der Waals surface area contributed by atoms with Crippen LogP contribution in [0, 0.1) is 6.92 Å². The van der Waals surface area contributed by atoms with Crippen LogP contribution in [0.1, 0.15) is 18.3 Å². The summed E-state index contributed by atoms with van der Waals surface area (Å²) in [6.07, 6.45) is 0.494. The predicted octanol–water partition coefficient (Wildman–Crippen LogP) is 0.248. The van der Waals surface area contributed by atoms with Gasteiger partial charge >= 0.3 is 0 Å². The summed E-state index contributed by atoms with van der Waals surface area (Å²) in [6, 6.07) is 3.49. The van der Waals surface area contributed by atoms with Gasteiger partial charge in [0.25, 0.3) is 10.0 Å². The second-order valence-corrected chi connectivity index (χ2v) is 4.98. The van der Waals surface area contributed by atoms with E-state index in [4.69, 9.17) is 5.14 Å². The van der Waals surface area contributed by atoms with E-state index < -0.39 is 10.0 Å². The fourth-order valence-electron chi connectivity index (χ4n) is 1.57. The number of rotatable bonds is 2. The van der Waals surface area contributed by atoms with Crippen molar-refractivity contribution in [1.29, 1.82) is 0 Å². The standard InChI is InChI=1S/C9H12N4O2S/c1-3-7-9(16(10,14)15)13-8(11-7)5-4-6(2)12-13/h4-5H,3H2,1-2H3,(H2,10,14,15). The minimum absolute atomic E-state index is 0.0197. The van der Waals surface area contributed by atoms with Crippen LogP contribution >= 0.6 is 0 Å². The second kappa shape index (κ2) is 3.53. The molecule has 2 aromatic heterocycles. The Balaban J connectivity index is 2.92. The Hall–Kier alpha value is -1.47. The summed E-state index contributed by atoms with van der Waals surface area (Å²) in [7, 11) is -3.81. The van der Waals surface area contributed by atoms with Crippen molar-refractivity contribution >= 4 is 15.7 Å². The molecule has 0 aliphatic heterocycles. The number of hydrogen-bond donors (Lipinski definition) is 1. The molecule has 0 bridgehead atoms. The average Bonchev–Trinajstić information content (AvgIpc) is 2.54. The molecular formula is C9H12N4O2S. The summed E-state index contributed by atoms with van der Waals surface area (Å²) < 4.78 is 24.2. The smallest absolute Gasteiger partial charge is 0.231 e. The Morgan fingerprint density at radius 1 is 1.44 bits per heavy atom. The molecule has 0 unspecified atom stereocenters. The number of sulfonamides is 1. The molecule has 0 radical (unpaired) electrons. The van der Waals surface area contributed by atoms with Crippen molar-refractivity contribution in [2.24, 2.45) is 5.14 Å². The van der Waals surface area contributed by atoms with E-state index in [2.05, 4.69) is 10.1 Å². The molecule has 0 saturated heterocycles. The lowest BCUT2D eigenvalue weighted by atomic mass is 10.4. The van der Waals surface area contributed by atoms with Crippen molar-refractivity contribution in [3.05, 3.63) is 23.5 Å². The number of nitrogens with two attached hydrogens (primary N) is 1. The van der Waals surface area contributed by atoms with Crippen LogP contribution in [0.5, 0.6) is 0 Å². The first-order chi connectivity index (χ1) is 7.43. The van der Waals surface area contributed by atoms with E-state index >= 15 is 0 Å². The highest BCUT2D eigenvalue weighted by molar-refractivity contribution is 7.89. The number of aryl methyl sites for hydroxylation is 2. The topological polar surface area (TPSA) is 90.3 Å². The first-order valence-corrected chi connectivity index (χ1v) is 6.36. The molecule has 86 valence electrons. The van der Waals surface area contributed by atoms with Crippen molar-refractivity contribution in [2.45, 2.75) is 25.3 Å². The number of aromatic nitrogens is 3. The van der Waals surface area contributed by atoms with Gasteiger partial charge in [-0.2, -0.15) is 5.10 Å². The summed E-state index contributed by atoms with van der Waals surface area (Å²) >= 11 is 0. The largest absolute Gasteiger partial charge is 0.257 e. The lowest BCUT2D eigenvalue weighted by Crippen LogP contribution is -2.17. The molecule has 0 atom stereocenters. The minimum Gasteiger partial charge on any atom is -0.231 e. The van der Waals surface area contributed by atoms with Gasteiger partial charge in [0.05, 0.1) is 11.4 Å². The maximum absolute atomic E-state index is 11.5. The van der Waals surface area contributed by atoms with Gasteiger partial charge in [-0.1, -0.05) is 6.92 Å². The normalized spacial score (nSPS) is 12.2. The first-order valence-electron chi connectivity index (χ1n) is 4.81. The van der Waals surface area contributed by atoms with Crippen molar-refractivity contribution in [1.82, 2.24) is 14.6 Å². The summed E-state index contributed by atoms with van der Waals surface area (Å²) in [6.45, 7) is 3.60. The fourth-order valence-corrected chi connectivity index (χ4v) is 2.46. The zero-order chi connectivity index (χ0) is 11.9. The van der Waals surface area contributed by atoms with E-state index in [1.807, 2.05) is 6.92 Å². The molecule has 0 saturated carbocycles. The molecule has 16 heavy (non-hydrogen) atoms. The third kappa shape index (κ3) is 1.68. The Kier molecular flexibility index (Phi) is 2.43. The summed E-state index contributed by atoms with van der Waals surface area (Å²) in [5, 5.41) is 9.25. The lowest BCUT2D eigenvalue weighted by Gasteiger charge is -2.00. The van der Waals surface area contributed by atoms with E-state index in [0.717, 1.165) is 0 Å². The van der Waals surface area contributed by atoms with Crippen LogP contribution in [-0.2, 0) is 16.4 Å². The zero-order valence-electron chi connectivity index (χ0n) is 9.01. The lowest BCUT2D eigenvalue weighted by molar-refractivity contribution is 0.587. The third-order valence-corrected chi connectivity index (χ3v) is 3.19. The van der Waals surface area contributed by atoms with Crippen LogP contribution in [0.2, 0.25) is 0 Å². The summed E-state index contributed by atoms with van der Waals surface area (Å²) in [5.41, 5.74) is 1.64. The van der Waals surface area contributed by atoms with Gasteiger partial charge in [-0.15, -0.1) is 0 Å². The molecule has 7 heteroatoms. The van der Waals surface area contributed by atoms with Crippen LogP contribution in [0.25, 0.3) is 5.65 Å². The molecular weight excluding hydrogens is 228 g/mol. The number of primary sulfonamides is 1. The van der Waals surface area contributed by atoms with Gasteiger partial charge < -0.3 is 0 Å². The van der Waals surface area contributed by atoms with E-state index in [1.54, 1.807) is 19.1 Å². The van der Waals surface area contributed by atoms with Crippen molar-refractivity contribution in [3.8, 4) is 0 Å². The molecule has 0 amide bonds. The van der Waals surface area contributed by atoms with Gasteiger partial charge in [-0.3, -0.25) is 0 Å². The van der Waals surface area contributed by atoms with Crippen molar-refractivity contribution in [2.75, 3.05) is 0 Å². The molecule has 0 spiro atoms. The number of fused-ring (bicyclic) bond motifs is 1. The highest BCUT2D eigenvalue weighted by atomic mass is 32.2. The number of imidazole rings is 1. The molecule has 2 N–H and O–H groups in total. The molecule has 0 aromatic carbocycles. The monoisotopic (exact) mass is 240 g/mol. The number of hydrogen-bond acceptors (Lipinski definition) is 4. The molecule has 2 rings (SSSR count). The highest BCUT2D eigenvalue weighted by Gasteiger charge is 2.21. The van der Waals surface area contributed by atoms with E-state index in [-0.39, 0.29) is 5.03 Å². The van der Waals surface area contributed by atoms with Crippen LogP contribution in [0.3, 0.4) is 0 Å². The fraction of sp³-hybridized carbons (Fsp3) is 0.333. The van der Waals surface area contributed by atoms with Gasteiger partial charge in [0, 0.05) is 0 Å². The molecule has 6 nitrogen and oxygen atoms in total. The average molecular weight is 240 g/mol. The van der Waals surface area contributed by atoms with E-state index in [9.17, 15) is 8.42 Å². The number of nitrogens with zero attached hydrogens (tertiary/aromatic N) is 3. The van der Waals surface area contributed by atoms with E-state index in [0.29, 0.717) is 23.5 Å². The first kappa shape index (κ1) is 11.0. The maximum Gasteiger partial charge on any atom is 0.257 e. The quantitative estimate of drug-likeness (QED) is 0.814. The molecule has 0 aliphatic carbocycles. The SMILES string of the molecule is CCc1nc2ccc(C)nn2c1S(N)(=O)=O. The van der Waals surface area contributed by atoms with Crippen LogP contribution < -0.4 is 5.14 Å². The Labute approximate surface area is 93.2 Å². The third-order valence-electron chi connectivity index (χ3n) is 2.24. The van der Waals surface area contributed by atoms with Crippen LogP contribution in [-0.4, -0.2) is 23.0 Å². The Morgan fingerprint density at radius 2 is 2.12 bits per heavy atom. The van der Waals surface area contributed by atoms with Gasteiger partial charge in [-0.25, -0.2) is 23.1 Å². The molecule has 0 aliphatic rings. The van der Waals surface area contributed by atoms with Crippen LogP contribution in [0.15, 0.2) is 17.2 Å². The van der Waals surface area contributed by atoms with Gasteiger partial charge in [0.15, 0.2) is 10.7 Å². The van der Waals surface area contributed by atoms with Gasteiger partial charge in [0.1, 0.15) is 0 Å². The summed E-state index contributed by atoms with van der Waals surface area (Å²) in [5.74, 6) is 0. The highest BCUT2D eigenvalue weighted by Crippen LogP contribution is 2.16. The Morgan fingerprint density at radius 3 is 2.69 bits per heavy atom. The van der Waals surface area contributed by atoms with Gasteiger partial charge in [-0.05, 0) is 25.5 Å². The minimum atomic E-state index is -3.81. The molecule has 2 aromatic rings. The zero-order valence-corrected chi connectivity index (χ0v) is 9.82. The van der Waals surface area contributed by atoms with E-state index in [1.165, 1.54) is 4.52 Å². The van der Waals surface area contributed by atoms with Crippen molar-refractivity contribution < 1.29 is 8.42 Å². The second-order valence-electron chi connectivity index (χ2n) is 3.51. The summed E-state index contributed by atoms with van der Waals surface area (Å²) in [4.78, 5) is 4.18. The molecule has 2 heterocycles. The van der Waals surface area contributed by atoms with Crippen LogP contribution in [0.4, 0.5) is 0 Å². The molecule has 0 fully saturated rings. The predicted molar refractivity (Wildman–Crippen MR) is 58.5 cm³/mol. The Bertz CT molecular complexity index is 645.